The summed E-state index contributed by atoms with van der Waals surface area (Å²) in [6.07, 6.45) is 0. The van der Waals surface area contributed by atoms with Gasteiger partial charge >= 0.3 is 0 Å². The second kappa shape index (κ2) is 10.1. The van der Waals surface area contributed by atoms with Gasteiger partial charge in [0.2, 0.25) is 5.91 Å². The zero-order valence-electron chi connectivity index (χ0n) is 18.5. The number of carbonyl (C=O) groups excluding carboxylic acids is 2. The zero-order chi connectivity index (χ0) is 22.5. The Balaban J connectivity index is 1.23. The predicted octanol–water partition coefficient (Wildman–Crippen LogP) is 3.50. The number of nitrogens with zero attached hydrogens (tertiary/aromatic N) is 3. The average Bonchev–Trinajstić information content (AvgIpc) is 3.28. The van der Waals surface area contributed by atoms with E-state index in [0.717, 1.165) is 47.0 Å². The van der Waals surface area contributed by atoms with E-state index in [1.54, 1.807) is 17.4 Å². The van der Waals surface area contributed by atoms with Crippen molar-refractivity contribution in [2.45, 2.75) is 20.4 Å². The van der Waals surface area contributed by atoms with Crippen LogP contribution in [0.15, 0.2) is 53.9 Å². The van der Waals surface area contributed by atoms with Gasteiger partial charge in [-0.2, -0.15) is 0 Å². The van der Waals surface area contributed by atoms with Gasteiger partial charge in [0, 0.05) is 49.2 Å². The maximum absolute atomic E-state index is 12.6. The van der Waals surface area contributed by atoms with E-state index in [2.05, 4.69) is 27.7 Å². The lowest BCUT2D eigenvalue weighted by Gasteiger charge is -2.34. The van der Waals surface area contributed by atoms with Crippen LogP contribution in [0.3, 0.4) is 0 Å². The van der Waals surface area contributed by atoms with Gasteiger partial charge in [-0.05, 0) is 37.1 Å². The first kappa shape index (κ1) is 22.2. The first-order chi connectivity index (χ1) is 15.5. The maximum atomic E-state index is 12.6. The van der Waals surface area contributed by atoms with Crippen LogP contribution < -0.4 is 5.32 Å². The molecule has 1 N–H and O–H groups in total. The summed E-state index contributed by atoms with van der Waals surface area (Å²) in [5.41, 5.74) is 5.00. The van der Waals surface area contributed by atoms with Crippen LogP contribution in [0.2, 0.25) is 0 Å². The number of hydrogen-bond donors (Lipinski definition) is 1. The first-order valence-corrected chi connectivity index (χ1v) is 11.7. The molecule has 0 bridgehead atoms. The van der Waals surface area contributed by atoms with Gasteiger partial charge in [0.25, 0.3) is 5.91 Å². The summed E-state index contributed by atoms with van der Waals surface area (Å²) >= 11 is 1.66. The minimum absolute atomic E-state index is 0.0261. The second-order valence-electron chi connectivity index (χ2n) is 8.15. The molecule has 32 heavy (non-hydrogen) atoms. The van der Waals surface area contributed by atoms with Crippen molar-refractivity contribution in [1.29, 1.82) is 0 Å². The predicted molar refractivity (Wildman–Crippen MR) is 128 cm³/mol. The van der Waals surface area contributed by atoms with E-state index in [1.165, 1.54) is 0 Å². The average molecular weight is 449 g/mol. The van der Waals surface area contributed by atoms with Crippen molar-refractivity contribution in [1.82, 2.24) is 20.1 Å². The Labute approximate surface area is 192 Å². The molecule has 0 spiro atoms. The van der Waals surface area contributed by atoms with Crippen LogP contribution in [0.4, 0.5) is 0 Å². The van der Waals surface area contributed by atoms with Crippen LogP contribution in [0.1, 0.15) is 27.2 Å². The van der Waals surface area contributed by atoms with Gasteiger partial charge in [0.05, 0.1) is 12.2 Å². The number of carbonyl (C=O) groups is 2. The van der Waals surface area contributed by atoms with Crippen LogP contribution in [-0.2, 0) is 11.3 Å². The van der Waals surface area contributed by atoms with Crippen molar-refractivity contribution in [3.05, 3.63) is 76.3 Å². The molecule has 2 heterocycles. The molecule has 1 fully saturated rings. The van der Waals surface area contributed by atoms with Gasteiger partial charge in [0.1, 0.15) is 5.01 Å². The lowest BCUT2D eigenvalue weighted by molar-refractivity contribution is -0.131. The van der Waals surface area contributed by atoms with Gasteiger partial charge in [0.15, 0.2) is 0 Å². The van der Waals surface area contributed by atoms with E-state index in [0.29, 0.717) is 18.7 Å². The fourth-order valence-electron chi connectivity index (χ4n) is 3.73. The Morgan fingerprint density at radius 2 is 1.75 bits per heavy atom. The molecule has 1 aliphatic rings. The Morgan fingerprint density at radius 1 is 1.00 bits per heavy atom. The molecule has 2 aromatic carbocycles. The third-order valence-corrected chi connectivity index (χ3v) is 6.79. The number of piperazine rings is 1. The number of thiazole rings is 1. The van der Waals surface area contributed by atoms with Gasteiger partial charge in [-0.25, -0.2) is 4.98 Å². The van der Waals surface area contributed by atoms with E-state index in [1.807, 2.05) is 49.1 Å². The molecule has 7 heteroatoms. The van der Waals surface area contributed by atoms with E-state index in [-0.39, 0.29) is 18.4 Å². The number of hydrogen-bond acceptors (Lipinski definition) is 5. The number of rotatable bonds is 6. The van der Waals surface area contributed by atoms with Crippen LogP contribution in [0.5, 0.6) is 0 Å². The summed E-state index contributed by atoms with van der Waals surface area (Å²) in [5, 5.41) is 5.91. The Kier molecular flexibility index (Phi) is 6.97. The van der Waals surface area contributed by atoms with Crippen LogP contribution >= 0.6 is 11.3 Å². The molecular formula is C25H28N4O2S. The molecule has 0 atom stereocenters. The first-order valence-electron chi connectivity index (χ1n) is 10.8. The molecule has 1 aromatic heterocycles. The topological polar surface area (TPSA) is 65.5 Å². The lowest BCUT2D eigenvalue weighted by atomic mass is 10.1. The summed E-state index contributed by atoms with van der Waals surface area (Å²) in [5.74, 6) is -0.250. The highest BCUT2D eigenvalue weighted by atomic mass is 32.1. The van der Waals surface area contributed by atoms with E-state index in [4.69, 9.17) is 4.98 Å². The highest BCUT2D eigenvalue weighted by molar-refractivity contribution is 7.13. The molecule has 1 aliphatic heterocycles. The molecule has 0 saturated carbocycles. The SMILES string of the molecule is Cc1ccc(C(=O)NCC(=O)N2CCN(Cc3csc(-c4ccccc4)n3)CC2)cc1C. The van der Waals surface area contributed by atoms with E-state index in [9.17, 15) is 9.59 Å². The second-order valence-corrected chi connectivity index (χ2v) is 9.01. The summed E-state index contributed by atoms with van der Waals surface area (Å²) in [6, 6.07) is 15.8. The monoisotopic (exact) mass is 448 g/mol. The highest BCUT2D eigenvalue weighted by Crippen LogP contribution is 2.24. The Bertz CT molecular complexity index is 1090. The molecule has 1 saturated heterocycles. The molecule has 0 aliphatic carbocycles. The lowest BCUT2D eigenvalue weighted by Crippen LogP contribution is -2.50. The maximum Gasteiger partial charge on any atom is 0.251 e. The largest absolute Gasteiger partial charge is 0.343 e. The van der Waals surface area contributed by atoms with Gasteiger partial charge in [-0.1, -0.05) is 36.4 Å². The number of aryl methyl sites for hydroxylation is 2. The summed E-state index contributed by atoms with van der Waals surface area (Å²) in [6.45, 7) is 7.72. The minimum atomic E-state index is -0.210. The Morgan fingerprint density at radius 3 is 2.47 bits per heavy atom. The van der Waals surface area contributed by atoms with Crippen molar-refractivity contribution in [3.63, 3.8) is 0 Å². The summed E-state index contributed by atoms with van der Waals surface area (Å²) < 4.78 is 0. The van der Waals surface area contributed by atoms with Crippen molar-refractivity contribution in [2.75, 3.05) is 32.7 Å². The smallest absolute Gasteiger partial charge is 0.251 e. The van der Waals surface area contributed by atoms with Crippen molar-refractivity contribution < 1.29 is 9.59 Å². The van der Waals surface area contributed by atoms with E-state index < -0.39 is 0 Å². The van der Waals surface area contributed by atoms with Crippen molar-refractivity contribution in [3.8, 4) is 10.6 Å². The molecule has 2 amide bonds. The minimum Gasteiger partial charge on any atom is -0.343 e. The van der Waals surface area contributed by atoms with Crippen LogP contribution in [0.25, 0.3) is 10.6 Å². The summed E-state index contributed by atoms with van der Waals surface area (Å²) in [7, 11) is 0. The molecule has 0 unspecified atom stereocenters. The van der Waals surface area contributed by atoms with Gasteiger partial charge in [-0.3, -0.25) is 14.5 Å². The molecule has 166 valence electrons. The number of amides is 2. The van der Waals surface area contributed by atoms with Crippen LogP contribution in [-0.4, -0.2) is 59.3 Å². The summed E-state index contributed by atoms with van der Waals surface area (Å²) in [4.78, 5) is 33.8. The highest BCUT2D eigenvalue weighted by Gasteiger charge is 2.22. The van der Waals surface area contributed by atoms with E-state index >= 15 is 0 Å². The quantitative estimate of drug-likeness (QED) is 0.627. The molecule has 6 nitrogen and oxygen atoms in total. The van der Waals surface area contributed by atoms with Crippen molar-refractivity contribution >= 4 is 23.2 Å². The fraction of sp³-hybridized carbons (Fsp3) is 0.320. The number of aromatic nitrogens is 1. The number of nitrogens with one attached hydrogen (secondary N) is 1. The zero-order valence-corrected chi connectivity index (χ0v) is 19.3. The fourth-order valence-corrected chi connectivity index (χ4v) is 4.55. The van der Waals surface area contributed by atoms with Crippen LogP contribution in [0, 0.1) is 13.8 Å². The third kappa shape index (κ3) is 5.41. The third-order valence-electron chi connectivity index (χ3n) is 5.85. The molecule has 0 radical (unpaired) electrons. The molecule has 4 rings (SSSR count). The standard InChI is InChI=1S/C25H28N4O2S/c1-18-8-9-21(14-19(18)2)24(31)26-15-23(30)29-12-10-28(11-13-29)16-22-17-32-25(27-22)20-6-4-3-5-7-20/h3-9,14,17H,10-13,15-16H2,1-2H3,(H,26,31). The Hall–Kier alpha value is -3.03. The molecule has 3 aromatic rings. The van der Waals surface area contributed by atoms with Gasteiger partial charge < -0.3 is 10.2 Å². The molecular weight excluding hydrogens is 420 g/mol. The normalized spacial score (nSPS) is 14.4. The van der Waals surface area contributed by atoms with Crippen molar-refractivity contribution in [2.24, 2.45) is 0 Å². The van der Waals surface area contributed by atoms with Gasteiger partial charge in [-0.15, -0.1) is 11.3 Å². The number of benzene rings is 2.